The standard InChI is InChI=1S/C30H28N6O2/c1-2-5-24(38)35-30-13-11-29(19-30,12-14-30)28-34-25(26-27(31)33-16-17-36(26)28)21-9-7-20(8-10-21)23(37)18-22-6-3-4-15-32-22/h3-4,6-10,15-17H,11-14,18-19H2,1H3,(H2,31,33)(H,35,38). The fraction of sp³-hybridized carbons (Fsp3) is 0.300. The summed E-state index contributed by atoms with van der Waals surface area (Å²) in [6.45, 7) is 1.67. The molecule has 0 aliphatic heterocycles. The van der Waals surface area contributed by atoms with E-state index in [1.165, 1.54) is 0 Å². The molecule has 6 rings (SSSR count). The number of nitrogens with two attached hydrogens (primary N) is 1. The van der Waals surface area contributed by atoms with E-state index in [4.69, 9.17) is 10.7 Å². The van der Waals surface area contributed by atoms with Crippen molar-refractivity contribution >= 4 is 23.0 Å². The number of nitrogens with zero attached hydrogens (tertiary/aromatic N) is 4. The van der Waals surface area contributed by atoms with Gasteiger partial charge >= 0.3 is 0 Å². The molecular formula is C30H28N6O2. The Morgan fingerprint density at radius 1 is 1.05 bits per heavy atom. The van der Waals surface area contributed by atoms with Crippen LogP contribution in [0, 0.1) is 11.8 Å². The van der Waals surface area contributed by atoms with Crippen LogP contribution in [0.5, 0.6) is 0 Å². The fourth-order valence-corrected chi connectivity index (χ4v) is 6.29. The summed E-state index contributed by atoms with van der Waals surface area (Å²) in [5.74, 6) is 6.45. The van der Waals surface area contributed by atoms with Crippen molar-refractivity contribution in [1.82, 2.24) is 24.7 Å². The number of imidazole rings is 1. The highest BCUT2D eigenvalue weighted by Crippen LogP contribution is 2.57. The van der Waals surface area contributed by atoms with Gasteiger partial charge in [-0.1, -0.05) is 36.3 Å². The number of benzene rings is 1. The number of hydrogen-bond acceptors (Lipinski definition) is 6. The van der Waals surface area contributed by atoms with Gasteiger partial charge in [-0.25, -0.2) is 9.97 Å². The summed E-state index contributed by atoms with van der Waals surface area (Å²) in [6.07, 6.45) is 10.0. The Morgan fingerprint density at radius 2 is 1.84 bits per heavy atom. The topological polar surface area (TPSA) is 115 Å². The van der Waals surface area contributed by atoms with Crippen LogP contribution in [0.25, 0.3) is 16.8 Å². The highest BCUT2D eigenvalue weighted by atomic mass is 16.1. The van der Waals surface area contributed by atoms with Crippen LogP contribution in [0.15, 0.2) is 61.1 Å². The summed E-state index contributed by atoms with van der Waals surface area (Å²) in [6, 6.07) is 13.1. The van der Waals surface area contributed by atoms with E-state index in [2.05, 4.69) is 31.5 Å². The molecular weight excluding hydrogens is 476 g/mol. The van der Waals surface area contributed by atoms with Crippen molar-refractivity contribution in [2.45, 2.75) is 56.4 Å². The van der Waals surface area contributed by atoms with Gasteiger partial charge in [-0.05, 0) is 57.1 Å². The van der Waals surface area contributed by atoms with Crippen LogP contribution in [0.1, 0.15) is 60.9 Å². The molecule has 2 fully saturated rings. The van der Waals surface area contributed by atoms with E-state index in [9.17, 15) is 9.59 Å². The normalized spacial score (nSPS) is 21.7. The lowest BCUT2D eigenvalue weighted by molar-refractivity contribution is -0.117. The van der Waals surface area contributed by atoms with Crippen LogP contribution in [0.3, 0.4) is 0 Å². The lowest BCUT2D eigenvalue weighted by Gasteiger charge is -2.27. The number of fused-ring (bicyclic) bond motifs is 3. The second kappa shape index (κ2) is 9.10. The minimum atomic E-state index is -0.249. The smallest absolute Gasteiger partial charge is 0.296 e. The molecule has 38 heavy (non-hydrogen) atoms. The van der Waals surface area contributed by atoms with Gasteiger partial charge in [0.1, 0.15) is 22.9 Å². The third-order valence-corrected chi connectivity index (χ3v) is 8.06. The molecule has 0 radical (unpaired) electrons. The Labute approximate surface area is 220 Å². The van der Waals surface area contributed by atoms with E-state index in [0.717, 1.165) is 60.4 Å². The van der Waals surface area contributed by atoms with Gasteiger partial charge in [0.15, 0.2) is 5.78 Å². The maximum atomic E-state index is 12.8. The number of hydrogen-bond donors (Lipinski definition) is 2. The lowest BCUT2D eigenvalue weighted by atomic mass is 9.83. The highest BCUT2D eigenvalue weighted by molar-refractivity contribution is 5.98. The summed E-state index contributed by atoms with van der Waals surface area (Å²) in [7, 11) is 0. The molecule has 190 valence electrons. The number of nitrogens with one attached hydrogen (secondary N) is 1. The molecule has 2 saturated carbocycles. The van der Waals surface area contributed by atoms with Gasteiger partial charge in [0, 0.05) is 46.4 Å². The molecule has 3 N–H and O–H groups in total. The third-order valence-electron chi connectivity index (χ3n) is 8.06. The number of carbonyl (C=O) groups excluding carboxylic acids is 2. The van der Waals surface area contributed by atoms with Crippen LogP contribution in [-0.4, -0.2) is 36.6 Å². The van der Waals surface area contributed by atoms with Crippen molar-refractivity contribution in [2.75, 3.05) is 5.73 Å². The van der Waals surface area contributed by atoms with Crippen LogP contribution in [0.4, 0.5) is 5.82 Å². The predicted octanol–water partition coefficient (Wildman–Crippen LogP) is 3.89. The zero-order valence-corrected chi connectivity index (χ0v) is 21.2. The molecule has 2 aliphatic rings. The molecule has 0 spiro atoms. The SMILES string of the molecule is CC#CC(=O)NC12CCC(c3nc(-c4ccc(C(=O)Cc5ccccn5)cc4)c4c(N)nccn34)(CC1)C2. The van der Waals surface area contributed by atoms with Crippen LogP contribution >= 0.6 is 0 Å². The molecule has 8 nitrogen and oxygen atoms in total. The summed E-state index contributed by atoms with van der Waals surface area (Å²) in [5.41, 5.74) is 9.70. The highest BCUT2D eigenvalue weighted by Gasteiger charge is 2.57. The summed E-state index contributed by atoms with van der Waals surface area (Å²) < 4.78 is 2.06. The minimum absolute atomic E-state index is 0.00812. The van der Waals surface area contributed by atoms with Gasteiger partial charge in [0.25, 0.3) is 5.91 Å². The molecule has 0 saturated heterocycles. The monoisotopic (exact) mass is 504 g/mol. The van der Waals surface area contributed by atoms with Gasteiger partial charge in [0.2, 0.25) is 0 Å². The lowest BCUT2D eigenvalue weighted by Crippen LogP contribution is -2.44. The van der Waals surface area contributed by atoms with Crippen molar-refractivity contribution in [3.63, 3.8) is 0 Å². The van der Waals surface area contributed by atoms with Crippen LogP contribution in [-0.2, 0) is 16.6 Å². The molecule has 3 heterocycles. The Morgan fingerprint density at radius 3 is 2.55 bits per heavy atom. The number of pyridine rings is 1. The molecule has 1 aromatic carbocycles. The average molecular weight is 505 g/mol. The molecule has 0 atom stereocenters. The van der Waals surface area contributed by atoms with E-state index < -0.39 is 0 Å². The van der Waals surface area contributed by atoms with Gasteiger partial charge in [-0.3, -0.25) is 19.0 Å². The zero-order chi connectivity index (χ0) is 26.3. The third kappa shape index (κ3) is 4.01. The Balaban J connectivity index is 1.34. The zero-order valence-electron chi connectivity index (χ0n) is 21.2. The van der Waals surface area contributed by atoms with Gasteiger partial charge in [0.05, 0.1) is 6.42 Å². The van der Waals surface area contributed by atoms with E-state index in [0.29, 0.717) is 11.4 Å². The number of Topliss-reactive ketones (excluding diaryl/α,β-unsaturated/α-hetero) is 1. The second-order valence-electron chi connectivity index (χ2n) is 10.4. The summed E-state index contributed by atoms with van der Waals surface area (Å²) in [5, 5.41) is 3.19. The summed E-state index contributed by atoms with van der Waals surface area (Å²) in [4.78, 5) is 38.9. The maximum Gasteiger partial charge on any atom is 0.296 e. The van der Waals surface area contributed by atoms with Crippen LogP contribution in [0.2, 0.25) is 0 Å². The second-order valence-corrected chi connectivity index (χ2v) is 10.4. The molecule has 1 amide bonds. The molecule has 3 aromatic heterocycles. The van der Waals surface area contributed by atoms with Crippen molar-refractivity contribution < 1.29 is 9.59 Å². The number of nitrogen functional groups attached to an aromatic ring is 1. The molecule has 2 bridgehead atoms. The predicted molar refractivity (Wildman–Crippen MR) is 144 cm³/mol. The molecule has 8 heteroatoms. The number of amides is 1. The van der Waals surface area contributed by atoms with Crippen molar-refractivity contribution in [2.24, 2.45) is 0 Å². The number of aromatic nitrogens is 4. The van der Waals surface area contributed by atoms with Gasteiger partial charge in [-0.15, -0.1) is 0 Å². The molecule has 0 unspecified atom stereocenters. The number of ketones is 1. The first-order chi connectivity index (χ1) is 18.4. The Hall–Kier alpha value is -4.51. The Bertz CT molecular complexity index is 1600. The van der Waals surface area contributed by atoms with E-state index in [1.807, 2.05) is 48.7 Å². The first-order valence-electron chi connectivity index (χ1n) is 12.8. The van der Waals surface area contributed by atoms with Crippen molar-refractivity contribution in [1.29, 1.82) is 0 Å². The number of rotatable bonds is 6. The molecule has 4 aromatic rings. The van der Waals surface area contributed by atoms with Crippen molar-refractivity contribution in [3.8, 4) is 23.1 Å². The van der Waals surface area contributed by atoms with Gasteiger partial charge < -0.3 is 11.1 Å². The Kier molecular flexibility index (Phi) is 5.72. The number of anilines is 1. The largest absolute Gasteiger partial charge is 0.382 e. The van der Waals surface area contributed by atoms with E-state index in [-0.39, 0.29) is 29.1 Å². The minimum Gasteiger partial charge on any atom is -0.382 e. The molecule has 2 aliphatic carbocycles. The van der Waals surface area contributed by atoms with Gasteiger partial charge in [-0.2, -0.15) is 0 Å². The van der Waals surface area contributed by atoms with E-state index in [1.54, 1.807) is 19.3 Å². The average Bonchev–Trinajstić information content (AvgIpc) is 3.60. The first-order valence-corrected chi connectivity index (χ1v) is 12.8. The maximum absolute atomic E-state index is 12.8. The first kappa shape index (κ1) is 23.9. The fourth-order valence-electron chi connectivity index (χ4n) is 6.29. The van der Waals surface area contributed by atoms with Crippen LogP contribution < -0.4 is 11.1 Å². The van der Waals surface area contributed by atoms with E-state index >= 15 is 0 Å². The number of carbonyl (C=O) groups is 2. The summed E-state index contributed by atoms with van der Waals surface area (Å²) >= 11 is 0. The quantitative estimate of drug-likeness (QED) is 0.304. The van der Waals surface area contributed by atoms with Crippen molar-refractivity contribution in [3.05, 3.63) is 78.1 Å².